The third kappa shape index (κ3) is 4.19. The lowest BCUT2D eigenvalue weighted by molar-refractivity contribution is -0.116. The Labute approximate surface area is 162 Å². The number of hydrogen-bond acceptors (Lipinski definition) is 4. The molecule has 0 radical (unpaired) electrons. The maximum absolute atomic E-state index is 13.7. The number of carbonyl (C=O) groups is 1. The molecule has 3 aromatic rings. The Balaban J connectivity index is 1.32. The number of amides is 1. The first-order valence-corrected chi connectivity index (χ1v) is 9.27. The van der Waals surface area contributed by atoms with E-state index in [9.17, 15) is 9.18 Å². The molecule has 2 aromatic carbocycles. The average molecular weight is 380 g/mol. The Morgan fingerprint density at radius 3 is 2.71 bits per heavy atom. The van der Waals surface area contributed by atoms with Crippen LogP contribution in [-0.4, -0.2) is 28.2 Å². The molecule has 0 saturated heterocycles. The number of rotatable bonds is 7. The number of hydrogen-bond donors (Lipinski definition) is 2. The number of H-pyrrole nitrogens is 1. The lowest BCUT2D eigenvalue weighted by Crippen LogP contribution is -2.12. The maximum atomic E-state index is 13.7. The summed E-state index contributed by atoms with van der Waals surface area (Å²) in [6.07, 6.45) is 3.05. The fraction of sp³-hybridized carbons (Fsp3) is 0.286. The van der Waals surface area contributed by atoms with Gasteiger partial charge in [-0.15, -0.1) is 0 Å². The molecule has 1 aromatic heterocycles. The van der Waals surface area contributed by atoms with Crippen LogP contribution in [0.1, 0.15) is 36.6 Å². The SMILES string of the molecule is COc1ccc(CCC(=O)Nc2ccc(-c3n[nH]c(C4CC4)n3)cc2)cc1F. The van der Waals surface area contributed by atoms with E-state index in [1.807, 2.05) is 24.3 Å². The van der Waals surface area contributed by atoms with Gasteiger partial charge in [0.05, 0.1) is 7.11 Å². The van der Waals surface area contributed by atoms with Gasteiger partial charge in [0.2, 0.25) is 5.91 Å². The molecule has 0 aliphatic heterocycles. The Bertz CT molecular complexity index is 980. The minimum Gasteiger partial charge on any atom is -0.494 e. The van der Waals surface area contributed by atoms with Crippen LogP contribution < -0.4 is 10.1 Å². The molecule has 0 spiro atoms. The third-order valence-electron chi connectivity index (χ3n) is 4.75. The summed E-state index contributed by atoms with van der Waals surface area (Å²) in [4.78, 5) is 16.7. The van der Waals surface area contributed by atoms with Crippen LogP contribution in [0.3, 0.4) is 0 Å². The molecule has 7 heteroatoms. The van der Waals surface area contributed by atoms with Crippen molar-refractivity contribution < 1.29 is 13.9 Å². The molecule has 1 amide bonds. The lowest BCUT2D eigenvalue weighted by atomic mass is 10.1. The number of benzene rings is 2. The molecular formula is C21H21FN4O2. The average Bonchev–Trinajstić information content (AvgIpc) is 3.44. The molecule has 1 aliphatic carbocycles. The van der Waals surface area contributed by atoms with E-state index in [0.29, 0.717) is 23.9 Å². The smallest absolute Gasteiger partial charge is 0.224 e. The minimum atomic E-state index is -0.423. The first-order valence-electron chi connectivity index (χ1n) is 9.27. The van der Waals surface area contributed by atoms with Crippen LogP contribution >= 0.6 is 0 Å². The highest BCUT2D eigenvalue weighted by atomic mass is 19.1. The van der Waals surface area contributed by atoms with Gasteiger partial charge in [0, 0.05) is 23.6 Å². The van der Waals surface area contributed by atoms with Crippen molar-refractivity contribution in [1.82, 2.24) is 15.2 Å². The molecule has 2 N–H and O–H groups in total. The Kier molecular flexibility index (Phi) is 5.06. The number of nitrogens with one attached hydrogen (secondary N) is 2. The topological polar surface area (TPSA) is 79.9 Å². The highest BCUT2D eigenvalue weighted by Crippen LogP contribution is 2.38. The zero-order chi connectivity index (χ0) is 19.5. The summed E-state index contributed by atoms with van der Waals surface area (Å²) in [5.41, 5.74) is 2.35. The van der Waals surface area contributed by atoms with Crippen LogP contribution in [-0.2, 0) is 11.2 Å². The second kappa shape index (κ2) is 7.80. The van der Waals surface area contributed by atoms with Gasteiger partial charge in [0.1, 0.15) is 5.82 Å². The highest BCUT2D eigenvalue weighted by molar-refractivity contribution is 5.91. The van der Waals surface area contributed by atoms with Crippen molar-refractivity contribution in [2.45, 2.75) is 31.6 Å². The van der Waals surface area contributed by atoms with Gasteiger partial charge in [-0.05, 0) is 61.2 Å². The summed E-state index contributed by atoms with van der Waals surface area (Å²) in [6, 6.07) is 12.1. The number of aromatic nitrogens is 3. The number of ether oxygens (including phenoxy) is 1. The molecular weight excluding hydrogens is 359 g/mol. The number of methoxy groups -OCH3 is 1. The predicted molar refractivity (Wildman–Crippen MR) is 104 cm³/mol. The lowest BCUT2D eigenvalue weighted by Gasteiger charge is -2.07. The molecule has 144 valence electrons. The van der Waals surface area contributed by atoms with E-state index in [-0.39, 0.29) is 18.1 Å². The van der Waals surface area contributed by atoms with Gasteiger partial charge in [-0.3, -0.25) is 9.89 Å². The van der Waals surface area contributed by atoms with Crippen molar-refractivity contribution in [2.24, 2.45) is 0 Å². The second-order valence-electron chi connectivity index (χ2n) is 6.91. The van der Waals surface area contributed by atoms with E-state index in [2.05, 4.69) is 20.5 Å². The van der Waals surface area contributed by atoms with Gasteiger partial charge in [0.15, 0.2) is 17.4 Å². The van der Waals surface area contributed by atoms with E-state index in [4.69, 9.17) is 4.74 Å². The van der Waals surface area contributed by atoms with Crippen LogP contribution in [0, 0.1) is 5.82 Å². The zero-order valence-electron chi connectivity index (χ0n) is 15.5. The number of anilines is 1. The largest absolute Gasteiger partial charge is 0.494 e. The van der Waals surface area contributed by atoms with Crippen molar-refractivity contribution in [1.29, 1.82) is 0 Å². The molecule has 1 saturated carbocycles. The number of carbonyl (C=O) groups excluding carboxylic acids is 1. The molecule has 0 atom stereocenters. The molecule has 28 heavy (non-hydrogen) atoms. The quantitative estimate of drug-likeness (QED) is 0.648. The number of nitrogens with zero attached hydrogens (tertiary/aromatic N) is 2. The summed E-state index contributed by atoms with van der Waals surface area (Å²) in [5.74, 6) is 1.79. The van der Waals surface area contributed by atoms with E-state index in [1.54, 1.807) is 12.1 Å². The highest BCUT2D eigenvalue weighted by Gasteiger charge is 2.27. The summed E-state index contributed by atoms with van der Waals surface area (Å²) < 4.78 is 18.6. The van der Waals surface area contributed by atoms with Crippen LogP contribution in [0.5, 0.6) is 5.75 Å². The Hall–Kier alpha value is -3.22. The fourth-order valence-corrected chi connectivity index (χ4v) is 2.99. The predicted octanol–water partition coefficient (Wildman–Crippen LogP) is 4.07. The molecule has 0 unspecified atom stereocenters. The Morgan fingerprint density at radius 2 is 2.04 bits per heavy atom. The normalized spacial score (nSPS) is 13.4. The van der Waals surface area contributed by atoms with Crippen LogP contribution in [0.15, 0.2) is 42.5 Å². The first-order chi connectivity index (χ1) is 13.6. The van der Waals surface area contributed by atoms with Crippen molar-refractivity contribution in [3.8, 4) is 17.1 Å². The standard InChI is InChI=1S/C21H21FN4O2/c1-28-18-10-2-13(12-17(18)22)3-11-19(27)23-16-8-6-15(7-9-16)21-24-20(25-26-21)14-4-5-14/h2,6-10,12,14H,3-5,11H2,1H3,(H,23,27)(H,24,25,26). The van der Waals surface area contributed by atoms with Gasteiger partial charge in [-0.2, -0.15) is 5.10 Å². The van der Waals surface area contributed by atoms with E-state index < -0.39 is 5.82 Å². The van der Waals surface area contributed by atoms with Crippen molar-refractivity contribution >= 4 is 11.6 Å². The van der Waals surface area contributed by atoms with E-state index in [1.165, 1.54) is 26.0 Å². The monoisotopic (exact) mass is 380 g/mol. The number of aryl methyl sites for hydroxylation is 1. The summed E-state index contributed by atoms with van der Waals surface area (Å²) >= 11 is 0. The van der Waals surface area contributed by atoms with Crippen molar-refractivity contribution in [3.63, 3.8) is 0 Å². The van der Waals surface area contributed by atoms with Crippen molar-refractivity contribution in [2.75, 3.05) is 12.4 Å². The fourth-order valence-electron chi connectivity index (χ4n) is 2.99. The van der Waals surface area contributed by atoms with Gasteiger partial charge < -0.3 is 10.1 Å². The van der Waals surface area contributed by atoms with Crippen LogP contribution in [0.4, 0.5) is 10.1 Å². The van der Waals surface area contributed by atoms with Gasteiger partial charge in [-0.25, -0.2) is 9.37 Å². The second-order valence-corrected chi connectivity index (χ2v) is 6.91. The molecule has 1 heterocycles. The van der Waals surface area contributed by atoms with Gasteiger partial charge in [-0.1, -0.05) is 6.07 Å². The maximum Gasteiger partial charge on any atom is 0.224 e. The van der Waals surface area contributed by atoms with Crippen molar-refractivity contribution in [3.05, 3.63) is 59.7 Å². The number of halogens is 1. The molecule has 4 rings (SSSR count). The summed E-state index contributed by atoms with van der Waals surface area (Å²) in [5, 5.41) is 10.1. The molecule has 0 bridgehead atoms. The number of aromatic amines is 1. The minimum absolute atomic E-state index is 0.127. The molecule has 1 fully saturated rings. The van der Waals surface area contributed by atoms with E-state index in [0.717, 1.165) is 17.0 Å². The summed E-state index contributed by atoms with van der Waals surface area (Å²) in [7, 11) is 1.42. The molecule has 1 aliphatic rings. The molecule has 6 nitrogen and oxygen atoms in total. The van der Waals surface area contributed by atoms with Gasteiger partial charge in [0.25, 0.3) is 0 Å². The van der Waals surface area contributed by atoms with E-state index >= 15 is 0 Å². The van der Waals surface area contributed by atoms with Gasteiger partial charge >= 0.3 is 0 Å². The zero-order valence-corrected chi connectivity index (χ0v) is 15.5. The first kappa shape index (κ1) is 18.2. The third-order valence-corrected chi connectivity index (χ3v) is 4.75. The van der Waals surface area contributed by atoms with Crippen LogP contribution in [0.25, 0.3) is 11.4 Å². The Morgan fingerprint density at radius 1 is 1.25 bits per heavy atom. The summed E-state index contributed by atoms with van der Waals surface area (Å²) in [6.45, 7) is 0. The van der Waals surface area contributed by atoms with Crippen LogP contribution in [0.2, 0.25) is 0 Å².